The van der Waals surface area contributed by atoms with Gasteiger partial charge in [-0.2, -0.15) is 4.98 Å². The number of carbonyl (C=O) groups is 2. The van der Waals surface area contributed by atoms with Crippen molar-refractivity contribution in [1.29, 1.82) is 0 Å². The zero-order valence-corrected chi connectivity index (χ0v) is 17.4. The van der Waals surface area contributed by atoms with Crippen molar-refractivity contribution in [3.05, 3.63) is 11.7 Å². The van der Waals surface area contributed by atoms with Crippen molar-refractivity contribution in [3.8, 4) is 0 Å². The van der Waals surface area contributed by atoms with Crippen molar-refractivity contribution >= 4 is 12.1 Å². The maximum atomic E-state index is 12.5. The van der Waals surface area contributed by atoms with Crippen LogP contribution < -0.4 is 5.32 Å². The molecule has 9 nitrogen and oxygen atoms in total. The van der Waals surface area contributed by atoms with Gasteiger partial charge < -0.3 is 24.6 Å². The molecule has 0 aromatic carbocycles. The van der Waals surface area contributed by atoms with E-state index in [0.29, 0.717) is 24.6 Å². The summed E-state index contributed by atoms with van der Waals surface area (Å²) in [7, 11) is 0. The Balaban J connectivity index is 2.17. The molecule has 9 heteroatoms. The molecule has 1 aromatic rings. The van der Waals surface area contributed by atoms with Gasteiger partial charge in [-0.25, -0.2) is 4.79 Å². The summed E-state index contributed by atoms with van der Waals surface area (Å²) in [6, 6.07) is 0. The topological polar surface area (TPSA) is 118 Å². The second-order valence-corrected chi connectivity index (χ2v) is 8.81. The van der Waals surface area contributed by atoms with Gasteiger partial charge in [-0.15, -0.1) is 0 Å². The van der Waals surface area contributed by atoms with Crippen LogP contribution in [-0.4, -0.2) is 57.4 Å². The predicted molar refractivity (Wildman–Crippen MR) is 102 cm³/mol. The molecule has 1 aromatic heterocycles. The first-order chi connectivity index (χ1) is 13.0. The van der Waals surface area contributed by atoms with E-state index in [1.165, 1.54) is 0 Å². The summed E-state index contributed by atoms with van der Waals surface area (Å²) >= 11 is 0. The molecular formula is C19H32N4O5. The van der Waals surface area contributed by atoms with Gasteiger partial charge in [0.05, 0.1) is 6.42 Å². The quantitative estimate of drug-likeness (QED) is 0.722. The number of carbonyl (C=O) groups excluding carboxylic acids is 1. The Kier molecular flexibility index (Phi) is 7.03. The third-order valence-electron chi connectivity index (χ3n) is 4.52. The highest BCUT2D eigenvalue weighted by molar-refractivity contribution is 5.69. The number of nitrogens with one attached hydrogen (secondary N) is 1. The fourth-order valence-corrected chi connectivity index (χ4v) is 3.30. The van der Waals surface area contributed by atoms with E-state index in [-0.39, 0.29) is 18.7 Å². The molecule has 1 amide bonds. The van der Waals surface area contributed by atoms with Crippen molar-refractivity contribution in [3.63, 3.8) is 0 Å². The number of amides is 1. The smallest absolute Gasteiger partial charge is 0.408 e. The van der Waals surface area contributed by atoms with Crippen molar-refractivity contribution < 1.29 is 24.0 Å². The highest BCUT2D eigenvalue weighted by Gasteiger charge is 2.42. The first-order valence-electron chi connectivity index (χ1n) is 9.77. The predicted octanol–water partition coefficient (Wildman–Crippen LogP) is 2.56. The first kappa shape index (κ1) is 22.1. The average Bonchev–Trinajstić information content (AvgIpc) is 3.02. The summed E-state index contributed by atoms with van der Waals surface area (Å²) in [5.41, 5.74) is -1.41. The first-order valence-corrected chi connectivity index (χ1v) is 9.77. The van der Waals surface area contributed by atoms with Gasteiger partial charge in [0.2, 0.25) is 5.89 Å². The number of piperidine rings is 1. The molecule has 1 aliphatic heterocycles. The normalized spacial score (nSPS) is 17.5. The van der Waals surface area contributed by atoms with Gasteiger partial charge in [0, 0.05) is 26.1 Å². The third-order valence-corrected chi connectivity index (χ3v) is 4.52. The van der Waals surface area contributed by atoms with Crippen LogP contribution in [0.1, 0.15) is 65.6 Å². The number of ether oxygens (including phenoxy) is 1. The lowest BCUT2D eigenvalue weighted by molar-refractivity contribution is -0.137. The van der Waals surface area contributed by atoms with Crippen LogP contribution in [0.15, 0.2) is 4.52 Å². The standard InChI is InChI=1S/C19H32N4O5/c1-13(2)12-23-10-8-19(9-11-23,21-17(26)27-18(3,4)5)16-20-14(28-22-16)6-7-15(24)25/h13H,6-12H2,1-5H3,(H,21,26)(H,24,25). The molecule has 0 spiro atoms. The average molecular weight is 396 g/mol. The van der Waals surface area contributed by atoms with Crippen LogP contribution in [0.25, 0.3) is 0 Å². The Labute approximate surface area is 165 Å². The minimum atomic E-state index is -0.927. The molecule has 2 rings (SSSR count). The Morgan fingerprint density at radius 2 is 1.96 bits per heavy atom. The number of nitrogens with zero attached hydrogens (tertiary/aromatic N) is 3. The molecule has 2 N–H and O–H groups in total. The highest BCUT2D eigenvalue weighted by Crippen LogP contribution is 2.32. The molecule has 0 unspecified atom stereocenters. The number of aliphatic carboxylic acids is 1. The van der Waals surface area contributed by atoms with Gasteiger partial charge in [0.15, 0.2) is 5.82 Å². The number of alkyl carbamates (subject to hydrolysis) is 1. The van der Waals surface area contributed by atoms with Gasteiger partial charge in [0.25, 0.3) is 0 Å². The Morgan fingerprint density at radius 3 is 2.50 bits per heavy atom. The molecule has 2 heterocycles. The van der Waals surface area contributed by atoms with Crippen LogP contribution in [0.4, 0.5) is 4.79 Å². The lowest BCUT2D eigenvalue weighted by atomic mass is 9.86. The summed E-state index contributed by atoms with van der Waals surface area (Å²) in [5.74, 6) is 0.262. The Bertz CT molecular complexity index is 672. The lowest BCUT2D eigenvalue weighted by Crippen LogP contribution is -2.55. The molecular weight excluding hydrogens is 364 g/mol. The lowest BCUT2D eigenvalue weighted by Gasteiger charge is -2.40. The number of carboxylic acids is 1. The monoisotopic (exact) mass is 396 g/mol. The van der Waals surface area contributed by atoms with Crippen molar-refractivity contribution in [2.45, 2.75) is 71.4 Å². The van der Waals surface area contributed by atoms with Gasteiger partial charge in [0.1, 0.15) is 11.1 Å². The van der Waals surface area contributed by atoms with E-state index >= 15 is 0 Å². The van der Waals surface area contributed by atoms with E-state index in [2.05, 4.69) is 34.2 Å². The Hall–Kier alpha value is -2.16. The van der Waals surface area contributed by atoms with Gasteiger partial charge in [-0.3, -0.25) is 4.79 Å². The number of likely N-dealkylation sites (tertiary alicyclic amines) is 1. The summed E-state index contributed by atoms with van der Waals surface area (Å²) in [4.78, 5) is 30.0. The van der Waals surface area contributed by atoms with E-state index < -0.39 is 23.2 Å². The van der Waals surface area contributed by atoms with Crippen LogP contribution in [0.5, 0.6) is 0 Å². The molecule has 0 saturated carbocycles. The summed E-state index contributed by atoms with van der Waals surface area (Å²) < 4.78 is 10.7. The number of hydrogen-bond donors (Lipinski definition) is 2. The van der Waals surface area contributed by atoms with Crippen molar-refractivity contribution in [2.75, 3.05) is 19.6 Å². The molecule has 1 aliphatic rings. The minimum Gasteiger partial charge on any atom is -0.481 e. The van der Waals surface area contributed by atoms with Crippen molar-refractivity contribution in [1.82, 2.24) is 20.4 Å². The number of aryl methyl sites for hydroxylation is 1. The van der Waals surface area contributed by atoms with Crippen LogP contribution in [0.2, 0.25) is 0 Å². The van der Waals surface area contributed by atoms with Gasteiger partial charge in [-0.05, 0) is 39.5 Å². The van der Waals surface area contributed by atoms with E-state index in [1.54, 1.807) is 0 Å². The molecule has 0 bridgehead atoms. The second kappa shape index (κ2) is 8.89. The van der Waals surface area contributed by atoms with E-state index in [0.717, 1.165) is 19.6 Å². The number of rotatable bonds is 7. The molecule has 0 aliphatic carbocycles. The fourth-order valence-electron chi connectivity index (χ4n) is 3.30. The molecule has 28 heavy (non-hydrogen) atoms. The maximum absolute atomic E-state index is 12.5. The number of aromatic nitrogens is 2. The van der Waals surface area contributed by atoms with Crippen LogP contribution in [0.3, 0.4) is 0 Å². The maximum Gasteiger partial charge on any atom is 0.408 e. The molecule has 158 valence electrons. The second-order valence-electron chi connectivity index (χ2n) is 8.81. The molecule has 1 saturated heterocycles. The Morgan fingerprint density at radius 1 is 1.32 bits per heavy atom. The van der Waals surface area contributed by atoms with Crippen molar-refractivity contribution in [2.24, 2.45) is 5.92 Å². The zero-order chi connectivity index (χ0) is 20.9. The molecule has 0 atom stereocenters. The highest BCUT2D eigenvalue weighted by atomic mass is 16.6. The van der Waals surface area contributed by atoms with Gasteiger partial charge in [-0.1, -0.05) is 19.0 Å². The fraction of sp³-hybridized carbons (Fsp3) is 0.789. The zero-order valence-electron chi connectivity index (χ0n) is 17.4. The third kappa shape index (κ3) is 6.47. The SMILES string of the molecule is CC(C)CN1CCC(NC(=O)OC(C)(C)C)(c2noc(CCC(=O)O)n2)CC1. The van der Waals surface area contributed by atoms with Crippen LogP contribution >= 0.6 is 0 Å². The minimum absolute atomic E-state index is 0.0870. The summed E-state index contributed by atoms with van der Waals surface area (Å²) in [6.45, 7) is 12.3. The van der Waals surface area contributed by atoms with Crippen LogP contribution in [-0.2, 0) is 21.5 Å². The molecule has 0 radical (unpaired) electrons. The van der Waals surface area contributed by atoms with E-state index in [4.69, 9.17) is 14.4 Å². The summed E-state index contributed by atoms with van der Waals surface area (Å²) in [5, 5.41) is 15.9. The largest absolute Gasteiger partial charge is 0.481 e. The molecule has 1 fully saturated rings. The summed E-state index contributed by atoms with van der Waals surface area (Å²) in [6.07, 6.45) is 0.788. The van der Waals surface area contributed by atoms with E-state index in [9.17, 15) is 9.59 Å². The van der Waals surface area contributed by atoms with Crippen LogP contribution in [0, 0.1) is 5.92 Å². The number of carboxylic acid groups (broad SMARTS) is 1. The van der Waals surface area contributed by atoms with Gasteiger partial charge >= 0.3 is 12.1 Å². The number of hydrogen-bond acceptors (Lipinski definition) is 7. The van der Waals surface area contributed by atoms with E-state index in [1.807, 2.05) is 20.8 Å².